The molecular weight excluding hydrogens is 343 g/mol. The molecule has 4 rings (SSSR count). The monoisotopic (exact) mass is 370 g/mol. The van der Waals surface area contributed by atoms with Crippen LogP contribution < -0.4 is 0 Å². The number of halogens is 1. The van der Waals surface area contributed by atoms with Crippen LogP contribution in [0, 0.1) is 12.7 Å². The third-order valence-corrected chi connectivity index (χ3v) is 5.72. The molecule has 6 heteroatoms. The summed E-state index contributed by atoms with van der Waals surface area (Å²) in [5.41, 5.74) is 1.91. The van der Waals surface area contributed by atoms with E-state index in [1.54, 1.807) is 6.07 Å². The molecular formula is C21H27FN4O. The van der Waals surface area contributed by atoms with E-state index in [0.29, 0.717) is 11.1 Å². The number of carbonyl (C=O) groups is 1. The molecule has 0 N–H and O–H groups in total. The Hall–Kier alpha value is -2.05. The number of hydrogen-bond acceptors (Lipinski definition) is 4. The Kier molecular flexibility index (Phi) is 5.36. The second-order valence-corrected chi connectivity index (χ2v) is 7.66. The zero-order chi connectivity index (χ0) is 18.8. The first-order valence-electron chi connectivity index (χ1n) is 9.91. The van der Waals surface area contributed by atoms with Crippen LogP contribution in [0.15, 0.2) is 24.3 Å². The van der Waals surface area contributed by atoms with E-state index in [0.717, 1.165) is 50.3 Å². The van der Waals surface area contributed by atoms with Crippen LogP contribution in [0.2, 0.25) is 0 Å². The van der Waals surface area contributed by atoms with Crippen LogP contribution in [-0.2, 0) is 0 Å². The lowest BCUT2D eigenvalue weighted by molar-refractivity contribution is 0.0628. The predicted molar refractivity (Wildman–Crippen MR) is 104 cm³/mol. The number of aryl methyl sites for hydroxylation is 1. The molecule has 27 heavy (non-hydrogen) atoms. The van der Waals surface area contributed by atoms with Crippen molar-refractivity contribution in [3.63, 3.8) is 0 Å². The van der Waals surface area contributed by atoms with Gasteiger partial charge in [-0.1, -0.05) is 0 Å². The number of rotatable bonds is 4. The molecule has 5 nitrogen and oxygen atoms in total. The number of carbonyl (C=O) groups excluding carboxylic acids is 1. The lowest BCUT2D eigenvalue weighted by atomic mass is 10.1. The molecule has 0 saturated carbocycles. The van der Waals surface area contributed by atoms with Crippen LogP contribution in [0.25, 0.3) is 10.9 Å². The highest BCUT2D eigenvalue weighted by Gasteiger charge is 2.24. The second kappa shape index (κ2) is 7.90. The maximum Gasteiger partial charge on any atom is 0.254 e. The highest BCUT2D eigenvalue weighted by Crippen LogP contribution is 2.22. The normalized spacial score (nSPS) is 19.1. The maximum atomic E-state index is 13.5. The summed E-state index contributed by atoms with van der Waals surface area (Å²) < 4.78 is 13.5. The Morgan fingerprint density at radius 2 is 1.67 bits per heavy atom. The van der Waals surface area contributed by atoms with Gasteiger partial charge in [0.1, 0.15) is 5.82 Å². The molecule has 2 aliphatic heterocycles. The molecule has 0 bridgehead atoms. The lowest BCUT2D eigenvalue weighted by Crippen LogP contribution is -2.50. The summed E-state index contributed by atoms with van der Waals surface area (Å²) in [6.07, 6.45) is 2.65. The lowest BCUT2D eigenvalue weighted by Gasteiger charge is -2.35. The number of aromatic nitrogens is 1. The van der Waals surface area contributed by atoms with Gasteiger partial charge in [-0.25, -0.2) is 4.39 Å². The molecule has 2 saturated heterocycles. The van der Waals surface area contributed by atoms with Crippen LogP contribution in [0.3, 0.4) is 0 Å². The summed E-state index contributed by atoms with van der Waals surface area (Å²) in [4.78, 5) is 24.4. The Bertz CT molecular complexity index is 821. The highest BCUT2D eigenvalue weighted by atomic mass is 19.1. The smallest absolute Gasteiger partial charge is 0.254 e. The van der Waals surface area contributed by atoms with Crippen molar-refractivity contribution in [2.24, 2.45) is 0 Å². The largest absolute Gasteiger partial charge is 0.336 e. The molecule has 0 spiro atoms. The molecule has 1 aromatic carbocycles. The Labute approximate surface area is 159 Å². The number of likely N-dealkylation sites (tertiary alicyclic amines) is 1. The van der Waals surface area contributed by atoms with Gasteiger partial charge < -0.3 is 9.80 Å². The number of pyridine rings is 1. The minimum atomic E-state index is -0.328. The zero-order valence-electron chi connectivity index (χ0n) is 16.0. The van der Waals surface area contributed by atoms with E-state index in [9.17, 15) is 9.18 Å². The third kappa shape index (κ3) is 4.12. The van der Waals surface area contributed by atoms with Gasteiger partial charge in [0.15, 0.2) is 0 Å². The maximum absolute atomic E-state index is 13.5. The van der Waals surface area contributed by atoms with Crippen LogP contribution >= 0.6 is 0 Å². The average molecular weight is 370 g/mol. The minimum absolute atomic E-state index is 0.0244. The molecule has 2 fully saturated rings. The quantitative estimate of drug-likeness (QED) is 0.829. The van der Waals surface area contributed by atoms with Gasteiger partial charge >= 0.3 is 0 Å². The fraction of sp³-hybridized carbons (Fsp3) is 0.524. The number of nitrogens with zero attached hydrogens (tertiary/aromatic N) is 4. The van der Waals surface area contributed by atoms with E-state index in [-0.39, 0.29) is 11.7 Å². The van der Waals surface area contributed by atoms with E-state index in [4.69, 9.17) is 0 Å². The summed E-state index contributed by atoms with van der Waals surface area (Å²) in [6, 6.07) is 6.28. The molecule has 0 aliphatic carbocycles. The minimum Gasteiger partial charge on any atom is -0.336 e. The van der Waals surface area contributed by atoms with Gasteiger partial charge in [0, 0.05) is 56.4 Å². The van der Waals surface area contributed by atoms with Crippen molar-refractivity contribution in [2.75, 3.05) is 52.4 Å². The van der Waals surface area contributed by atoms with Gasteiger partial charge in [-0.15, -0.1) is 0 Å². The average Bonchev–Trinajstić information content (AvgIpc) is 3.19. The number of amides is 1. The van der Waals surface area contributed by atoms with Crippen molar-refractivity contribution in [2.45, 2.75) is 19.8 Å². The molecule has 3 heterocycles. The van der Waals surface area contributed by atoms with Crippen molar-refractivity contribution in [1.82, 2.24) is 19.7 Å². The van der Waals surface area contributed by atoms with Crippen LogP contribution in [0.5, 0.6) is 0 Å². The summed E-state index contributed by atoms with van der Waals surface area (Å²) in [6.45, 7) is 9.82. The topological polar surface area (TPSA) is 39.7 Å². The van der Waals surface area contributed by atoms with Crippen molar-refractivity contribution >= 4 is 16.8 Å². The summed E-state index contributed by atoms with van der Waals surface area (Å²) in [5, 5.41) is 0.725. The first-order chi connectivity index (χ1) is 13.1. The molecule has 144 valence electrons. The Morgan fingerprint density at radius 3 is 2.37 bits per heavy atom. The predicted octanol–water partition coefficient (Wildman–Crippen LogP) is 2.54. The van der Waals surface area contributed by atoms with E-state index in [1.807, 2.05) is 17.9 Å². The van der Waals surface area contributed by atoms with Gasteiger partial charge in [-0.3, -0.25) is 14.7 Å². The summed E-state index contributed by atoms with van der Waals surface area (Å²) in [5.74, 6) is -0.304. The van der Waals surface area contributed by atoms with Gasteiger partial charge in [0.25, 0.3) is 5.91 Å². The number of fused-ring (bicyclic) bond motifs is 1. The summed E-state index contributed by atoms with van der Waals surface area (Å²) >= 11 is 0. The molecule has 0 atom stereocenters. The molecule has 0 unspecified atom stereocenters. The molecule has 1 aromatic heterocycles. The van der Waals surface area contributed by atoms with Gasteiger partial charge in [-0.2, -0.15) is 0 Å². The fourth-order valence-corrected chi connectivity index (χ4v) is 4.14. The number of hydrogen-bond donors (Lipinski definition) is 0. The van der Waals surface area contributed by atoms with Crippen molar-refractivity contribution in [3.05, 3.63) is 41.3 Å². The van der Waals surface area contributed by atoms with Crippen molar-refractivity contribution < 1.29 is 9.18 Å². The molecule has 0 radical (unpaired) electrons. The summed E-state index contributed by atoms with van der Waals surface area (Å²) in [7, 11) is 0. The first-order valence-corrected chi connectivity index (χ1v) is 9.91. The second-order valence-electron chi connectivity index (χ2n) is 7.66. The zero-order valence-corrected chi connectivity index (χ0v) is 16.0. The van der Waals surface area contributed by atoms with Gasteiger partial charge in [-0.05, 0) is 51.1 Å². The van der Waals surface area contributed by atoms with Gasteiger partial charge in [0.05, 0.1) is 11.1 Å². The number of benzene rings is 1. The Balaban J connectivity index is 1.41. The first kappa shape index (κ1) is 18.3. The van der Waals surface area contributed by atoms with E-state index < -0.39 is 0 Å². The van der Waals surface area contributed by atoms with E-state index in [1.165, 1.54) is 38.1 Å². The molecule has 2 aliphatic rings. The third-order valence-electron chi connectivity index (χ3n) is 5.72. The fourth-order valence-electron chi connectivity index (χ4n) is 4.14. The van der Waals surface area contributed by atoms with Crippen LogP contribution in [-0.4, -0.2) is 77.9 Å². The van der Waals surface area contributed by atoms with Crippen molar-refractivity contribution in [1.29, 1.82) is 0 Å². The Morgan fingerprint density at radius 1 is 1.00 bits per heavy atom. The van der Waals surface area contributed by atoms with Crippen molar-refractivity contribution in [3.8, 4) is 0 Å². The van der Waals surface area contributed by atoms with Crippen LogP contribution in [0.4, 0.5) is 4.39 Å². The van der Waals surface area contributed by atoms with Gasteiger partial charge in [0.2, 0.25) is 0 Å². The molecule has 1 amide bonds. The standard InChI is InChI=1S/C21H27FN4O/c1-16-14-19(18-5-4-17(22)15-20(18)23-16)21(27)26-12-10-25(11-13-26)9-8-24-6-2-3-7-24/h4-5,14-15H,2-3,6-13H2,1H3. The SMILES string of the molecule is Cc1cc(C(=O)N2CCN(CCN3CCCC3)CC2)c2ccc(F)cc2n1. The highest BCUT2D eigenvalue weighted by molar-refractivity contribution is 6.06. The van der Waals surface area contributed by atoms with E-state index in [2.05, 4.69) is 14.8 Å². The van der Waals surface area contributed by atoms with Crippen LogP contribution in [0.1, 0.15) is 28.9 Å². The molecule has 2 aromatic rings. The van der Waals surface area contributed by atoms with E-state index >= 15 is 0 Å². The number of piperazine rings is 1.